The predicted molar refractivity (Wildman–Crippen MR) is 122 cm³/mol. The maximum atomic E-state index is 13.4. The first kappa shape index (κ1) is 27.8. The van der Waals surface area contributed by atoms with Crippen molar-refractivity contribution in [1.82, 2.24) is 14.8 Å². The number of rotatable bonds is 2. The van der Waals surface area contributed by atoms with E-state index in [1.807, 2.05) is 0 Å². The first-order valence-corrected chi connectivity index (χ1v) is 11.3. The van der Waals surface area contributed by atoms with Gasteiger partial charge in [0.05, 0.1) is 0 Å². The molecule has 2 heterocycles. The lowest BCUT2D eigenvalue weighted by atomic mass is 10.2. The number of pyridine rings is 1. The fourth-order valence-electron chi connectivity index (χ4n) is 2.50. The Morgan fingerprint density at radius 1 is 1.09 bits per heavy atom. The van der Waals surface area contributed by atoms with E-state index in [-0.39, 0.29) is 15.8 Å². The Bertz CT molecular complexity index is 975. The minimum absolute atomic E-state index is 0.0324. The molecule has 0 aliphatic carbocycles. The van der Waals surface area contributed by atoms with Gasteiger partial charge in [-0.15, -0.1) is 0 Å². The molecule has 1 aliphatic heterocycles. The molecule has 0 bridgehead atoms. The lowest BCUT2D eigenvalue weighted by Gasteiger charge is -2.34. The lowest BCUT2D eigenvalue weighted by molar-refractivity contribution is -0.143. The van der Waals surface area contributed by atoms with Crippen molar-refractivity contribution in [3.05, 3.63) is 35.3 Å². The zero-order valence-electron chi connectivity index (χ0n) is 19.7. The Morgan fingerprint density at radius 2 is 1.62 bits per heavy atom. The van der Waals surface area contributed by atoms with Gasteiger partial charge in [0.2, 0.25) is 0 Å². The van der Waals surface area contributed by atoms with Gasteiger partial charge in [-0.05, 0) is 53.7 Å². The number of hydrogen-bond acceptors (Lipinski definition) is 8. The number of thioether (sulfide) groups is 1. The second-order valence-corrected chi connectivity index (χ2v) is 10.7. The van der Waals surface area contributed by atoms with Gasteiger partial charge >= 0.3 is 18.4 Å². The minimum Gasteiger partial charge on any atom is -0.443 e. The largest absolute Gasteiger partial charge is 0.443 e. The molecular formula is C21H26ClF3N4O4S. The molecule has 8 nitrogen and oxygen atoms in total. The van der Waals surface area contributed by atoms with E-state index in [9.17, 15) is 22.8 Å². The van der Waals surface area contributed by atoms with Crippen molar-refractivity contribution in [2.24, 2.45) is 4.99 Å². The van der Waals surface area contributed by atoms with Crippen LogP contribution < -0.4 is 0 Å². The number of imide groups is 1. The van der Waals surface area contributed by atoms with Crippen LogP contribution in [0.4, 0.5) is 22.8 Å². The van der Waals surface area contributed by atoms with Crippen molar-refractivity contribution in [3.63, 3.8) is 0 Å². The van der Waals surface area contributed by atoms with Crippen LogP contribution >= 0.6 is 23.4 Å². The number of amides is 2. The molecule has 0 spiro atoms. The van der Waals surface area contributed by atoms with Crippen LogP contribution in [0.2, 0.25) is 0 Å². The van der Waals surface area contributed by atoms with E-state index in [1.54, 1.807) is 41.5 Å². The summed E-state index contributed by atoms with van der Waals surface area (Å²) in [6, 6.07) is 2.59. The van der Waals surface area contributed by atoms with Gasteiger partial charge in [0, 0.05) is 24.3 Å². The Morgan fingerprint density at radius 3 is 2.09 bits per heavy atom. The molecule has 2 amide bonds. The normalized spacial score (nSPS) is 17.0. The molecule has 0 fully saturated rings. The number of likely N-dealkylation sites (N-methyl/N-ethyl adjacent to an activating group) is 1. The molecule has 188 valence electrons. The third-order valence-corrected chi connectivity index (χ3v) is 5.20. The smallest absolute Gasteiger partial charge is 0.434 e. The average Bonchev–Trinajstić information content (AvgIpc) is 2.62. The van der Waals surface area contributed by atoms with Gasteiger partial charge in [0.15, 0.2) is 17.0 Å². The van der Waals surface area contributed by atoms with E-state index in [0.717, 1.165) is 6.20 Å². The summed E-state index contributed by atoms with van der Waals surface area (Å²) in [4.78, 5) is 35.3. The molecule has 1 aromatic heterocycles. The number of alkyl halides is 4. The molecule has 2 rings (SSSR count). The summed E-state index contributed by atoms with van der Waals surface area (Å²) in [5.74, 6) is -0.282. The molecule has 0 N–H and O–H groups in total. The van der Waals surface area contributed by atoms with Crippen molar-refractivity contribution in [2.75, 3.05) is 7.05 Å². The summed E-state index contributed by atoms with van der Waals surface area (Å²) in [5, 5.41) is 0.0324. The molecule has 1 unspecified atom stereocenters. The first-order chi connectivity index (χ1) is 15.4. The molecule has 34 heavy (non-hydrogen) atoms. The number of amidine groups is 1. The summed E-state index contributed by atoms with van der Waals surface area (Å²) < 4.78 is 50.8. The quantitative estimate of drug-likeness (QED) is 0.344. The summed E-state index contributed by atoms with van der Waals surface area (Å²) >= 11 is 7.08. The van der Waals surface area contributed by atoms with Gasteiger partial charge in [-0.3, -0.25) is 4.98 Å². The van der Waals surface area contributed by atoms with E-state index in [1.165, 1.54) is 30.3 Å². The molecule has 13 heteroatoms. The number of halogens is 4. The van der Waals surface area contributed by atoms with Crippen molar-refractivity contribution in [2.45, 2.75) is 69.3 Å². The second-order valence-electron chi connectivity index (χ2n) is 9.18. The Balaban J connectivity index is 2.52. The van der Waals surface area contributed by atoms with Crippen LogP contribution in [0.1, 0.15) is 47.2 Å². The highest BCUT2D eigenvalue weighted by molar-refractivity contribution is 8.03. The Kier molecular flexibility index (Phi) is 8.19. The number of aromatic nitrogens is 1. The zero-order chi connectivity index (χ0) is 26.1. The molecule has 1 atom stereocenters. The Hall–Kier alpha value is -2.47. The van der Waals surface area contributed by atoms with Crippen molar-refractivity contribution in [1.29, 1.82) is 0 Å². The number of aliphatic imine (C=N–C) groups is 1. The average molecular weight is 523 g/mol. The number of ether oxygens (including phenoxy) is 2. The molecule has 0 radical (unpaired) electrons. The van der Waals surface area contributed by atoms with Gasteiger partial charge in [0.1, 0.15) is 16.2 Å². The molecular weight excluding hydrogens is 497 g/mol. The highest BCUT2D eigenvalue weighted by Crippen LogP contribution is 2.39. The van der Waals surface area contributed by atoms with Crippen LogP contribution in [0.3, 0.4) is 0 Å². The Labute approximate surface area is 205 Å². The fraction of sp³-hybridized carbons (Fsp3) is 0.524. The molecule has 1 aromatic rings. The minimum atomic E-state index is -4.69. The van der Waals surface area contributed by atoms with E-state index in [0.29, 0.717) is 16.7 Å². The van der Waals surface area contributed by atoms with Gasteiger partial charge in [-0.2, -0.15) is 18.1 Å². The monoisotopic (exact) mass is 522 g/mol. The SMILES string of the molecule is CN1C=C(Sc2cccnc2C(F)(F)F)N=C(N(C(=O)OC(C)(C)C)C(=O)OC(C)(C)C)C1Cl. The highest BCUT2D eigenvalue weighted by Gasteiger charge is 2.41. The summed E-state index contributed by atoms with van der Waals surface area (Å²) in [6.45, 7) is 9.63. The molecule has 0 saturated carbocycles. The topological polar surface area (TPSA) is 84.3 Å². The van der Waals surface area contributed by atoms with Gasteiger partial charge in [-0.1, -0.05) is 23.4 Å². The maximum absolute atomic E-state index is 13.4. The van der Waals surface area contributed by atoms with Gasteiger partial charge in [-0.25, -0.2) is 14.6 Å². The molecule has 0 aromatic carbocycles. The van der Waals surface area contributed by atoms with Crippen LogP contribution in [0.5, 0.6) is 0 Å². The lowest BCUT2D eigenvalue weighted by Crippen LogP contribution is -2.52. The molecule has 1 aliphatic rings. The van der Waals surface area contributed by atoms with Crippen LogP contribution in [0, 0.1) is 0 Å². The van der Waals surface area contributed by atoms with E-state index >= 15 is 0 Å². The van der Waals surface area contributed by atoms with Crippen LogP contribution in [0.25, 0.3) is 0 Å². The number of nitrogens with zero attached hydrogens (tertiary/aromatic N) is 4. The summed E-state index contributed by atoms with van der Waals surface area (Å²) in [5.41, 5.74) is -4.15. The van der Waals surface area contributed by atoms with Gasteiger partial charge < -0.3 is 14.4 Å². The standard InChI is InChI=1S/C21H26ClF3N4O4S/c1-19(2,3)32-17(30)29(18(31)33-20(4,5)6)16-15(22)28(7)11-13(27-16)34-12-9-8-10-26-14(12)21(23,24)25/h8-11,15H,1-7H3. The van der Waals surface area contributed by atoms with E-state index in [2.05, 4.69) is 9.98 Å². The molecule has 0 saturated heterocycles. The van der Waals surface area contributed by atoms with Crippen molar-refractivity contribution in [3.8, 4) is 0 Å². The van der Waals surface area contributed by atoms with Crippen molar-refractivity contribution >= 4 is 41.4 Å². The predicted octanol–water partition coefficient (Wildman–Crippen LogP) is 6.07. The third kappa shape index (κ3) is 7.52. The number of carbonyl (C=O) groups is 2. The fourth-order valence-corrected chi connectivity index (χ4v) is 3.70. The highest BCUT2D eigenvalue weighted by atomic mass is 35.5. The first-order valence-electron chi connectivity index (χ1n) is 10.0. The zero-order valence-corrected chi connectivity index (χ0v) is 21.3. The number of hydrogen-bond donors (Lipinski definition) is 0. The second kappa shape index (κ2) is 10.0. The van der Waals surface area contributed by atoms with Gasteiger partial charge in [0.25, 0.3) is 0 Å². The van der Waals surface area contributed by atoms with Crippen LogP contribution in [-0.4, -0.2) is 56.6 Å². The van der Waals surface area contributed by atoms with E-state index in [4.69, 9.17) is 21.1 Å². The number of carbonyl (C=O) groups excluding carboxylic acids is 2. The van der Waals surface area contributed by atoms with Crippen LogP contribution in [-0.2, 0) is 15.7 Å². The van der Waals surface area contributed by atoms with E-state index < -0.39 is 40.8 Å². The van der Waals surface area contributed by atoms with Crippen molar-refractivity contribution < 1.29 is 32.2 Å². The maximum Gasteiger partial charge on any atom is 0.434 e. The third-order valence-electron chi connectivity index (χ3n) is 3.74. The summed E-state index contributed by atoms with van der Waals surface area (Å²) in [6.07, 6.45) is -4.46. The summed E-state index contributed by atoms with van der Waals surface area (Å²) in [7, 11) is 1.52. The van der Waals surface area contributed by atoms with Crippen LogP contribution in [0.15, 0.2) is 39.4 Å².